The molecule has 0 radical (unpaired) electrons. The van der Waals surface area contributed by atoms with E-state index in [0.29, 0.717) is 36.0 Å². The second kappa shape index (κ2) is 8.57. The minimum atomic E-state index is -0.129. The number of nitrogens with one attached hydrogen (secondary N) is 1. The van der Waals surface area contributed by atoms with Gasteiger partial charge in [0.15, 0.2) is 0 Å². The Morgan fingerprint density at radius 2 is 1.97 bits per heavy atom. The fraction of sp³-hybridized carbons (Fsp3) is 0.357. The maximum atomic E-state index is 13.6. The molecule has 0 spiro atoms. The Kier molecular flexibility index (Phi) is 5.37. The SMILES string of the molecule is COc1cccc2c1CN(C(=O)c1cc3c(cc1C)N1C(=CCC=C1C1CCOCC1)C(=O)N3)C2. The van der Waals surface area contributed by atoms with Gasteiger partial charge in [-0.05, 0) is 55.5 Å². The van der Waals surface area contributed by atoms with Crippen LogP contribution in [0.4, 0.5) is 11.4 Å². The zero-order chi connectivity index (χ0) is 24.1. The molecular weight excluding hydrogens is 442 g/mol. The lowest BCUT2D eigenvalue weighted by Crippen LogP contribution is -2.40. The number of methoxy groups -OCH3 is 1. The molecule has 2 aromatic carbocycles. The number of ether oxygens (including phenoxy) is 2. The number of amides is 2. The molecule has 0 unspecified atom stereocenters. The Morgan fingerprint density at radius 1 is 1.14 bits per heavy atom. The zero-order valence-corrected chi connectivity index (χ0v) is 20.1. The normalized spacial score (nSPS) is 19.3. The van der Waals surface area contributed by atoms with Crippen LogP contribution in [0, 0.1) is 12.8 Å². The van der Waals surface area contributed by atoms with Crippen LogP contribution in [-0.2, 0) is 22.6 Å². The van der Waals surface area contributed by atoms with Gasteiger partial charge >= 0.3 is 0 Å². The summed E-state index contributed by atoms with van der Waals surface area (Å²) in [6.07, 6.45) is 6.84. The van der Waals surface area contributed by atoms with Crippen molar-refractivity contribution in [1.82, 2.24) is 4.90 Å². The van der Waals surface area contributed by atoms with Crippen LogP contribution < -0.4 is 15.0 Å². The summed E-state index contributed by atoms with van der Waals surface area (Å²) in [7, 11) is 1.66. The molecule has 2 amide bonds. The van der Waals surface area contributed by atoms with E-state index in [4.69, 9.17) is 9.47 Å². The lowest BCUT2D eigenvalue weighted by molar-refractivity contribution is -0.113. The standard InChI is InChI=1S/C28H29N3O4/c1-17-13-25-22(14-20(17)28(33)30-15-19-5-3-8-26(34-2)21(19)16-30)29-27(32)24-7-4-6-23(31(24)25)18-9-11-35-12-10-18/h3,5-8,13-14,18H,4,9-12,15-16H2,1-2H3,(H,29,32). The van der Waals surface area contributed by atoms with E-state index in [1.165, 1.54) is 5.70 Å². The molecule has 2 aromatic rings. The highest BCUT2D eigenvalue weighted by Gasteiger charge is 2.36. The van der Waals surface area contributed by atoms with Gasteiger partial charge in [0.2, 0.25) is 0 Å². The zero-order valence-electron chi connectivity index (χ0n) is 20.1. The topological polar surface area (TPSA) is 71.1 Å². The minimum absolute atomic E-state index is 0.0435. The number of benzene rings is 2. The molecule has 0 aliphatic carbocycles. The summed E-state index contributed by atoms with van der Waals surface area (Å²) in [4.78, 5) is 30.6. The van der Waals surface area contributed by atoms with Crippen molar-refractivity contribution in [3.63, 3.8) is 0 Å². The monoisotopic (exact) mass is 471 g/mol. The highest BCUT2D eigenvalue weighted by atomic mass is 16.5. The van der Waals surface area contributed by atoms with E-state index < -0.39 is 0 Å². The maximum Gasteiger partial charge on any atom is 0.272 e. The molecule has 4 heterocycles. The molecule has 35 heavy (non-hydrogen) atoms. The van der Waals surface area contributed by atoms with Crippen molar-refractivity contribution in [1.29, 1.82) is 0 Å². The number of carbonyl (C=O) groups is 2. The number of hydrogen-bond donors (Lipinski definition) is 1. The third kappa shape index (κ3) is 3.62. The summed E-state index contributed by atoms with van der Waals surface area (Å²) < 4.78 is 11.1. The Bertz CT molecular complexity index is 1290. The summed E-state index contributed by atoms with van der Waals surface area (Å²) in [5.74, 6) is 0.990. The predicted molar refractivity (Wildman–Crippen MR) is 133 cm³/mol. The van der Waals surface area contributed by atoms with Gasteiger partial charge in [-0.25, -0.2) is 0 Å². The summed E-state index contributed by atoms with van der Waals surface area (Å²) in [5.41, 5.74) is 7.10. The van der Waals surface area contributed by atoms with Crippen molar-refractivity contribution in [3.05, 3.63) is 76.1 Å². The molecule has 1 fully saturated rings. The summed E-state index contributed by atoms with van der Waals surface area (Å²) in [5, 5.41) is 3.04. The van der Waals surface area contributed by atoms with Crippen molar-refractivity contribution in [3.8, 4) is 5.75 Å². The number of hydrogen-bond acceptors (Lipinski definition) is 5. The third-order valence-electron chi connectivity index (χ3n) is 7.52. The molecule has 7 heteroatoms. The molecule has 1 N–H and O–H groups in total. The van der Waals surface area contributed by atoms with Crippen molar-refractivity contribution >= 4 is 23.2 Å². The third-order valence-corrected chi connectivity index (χ3v) is 7.52. The number of fused-ring (bicyclic) bond motifs is 4. The molecule has 4 aliphatic rings. The quantitative estimate of drug-likeness (QED) is 0.713. The van der Waals surface area contributed by atoms with Gasteiger partial charge in [-0.2, -0.15) is 0 Å². The fourth-order valence-electron chi connectivity index (χ4n) is 5.71. The Hall–Kier alpha value is -3.58. The van der Waals surface area contributed by atoms with Crippen LogP contribution in [-0.4, -0.2) is 37.0 Å². The van der Waals surface area contributed by atoms with Crippen LogP contribution in [0.1, 0.15) is 46.3 Å². The van der Waals surface area contributed by atoms with Gasteiger partial charge in [-0.15, -0.1) is 0 Å². The molecule has 0 atom stereocenters. The van der Waals surface area contributed by atoms with Crippen LogP contribution in [0.25, 0.3) is 0 Å². The van der Waals surface area contributed by atoms with Crippen molar-refractivity contribution in [2.24, 2.45) is 5.92 Å². The van der Waals surface area contributed by atoms with Gasteiger partial charge in [-0.3, -0.25) is 9.59 Å². The van der Waals surface area contributed by atoms with Gasteiger partial charge in [0, 0.05) is 42.5 Å². The molecule has 6 rings (SSSR count). The lowest BCUT2D eigenvalue weighted by Gasteiger charge is -2.40. The molecule has 1 saturated heterocycles. The first-order chi connectivity index (χ1) is 17.0. The summed E-state index contributed by atoms with van der Waals surface area (Å²) >= 11 is 0. The predicted octanol–water partition coefficient (Wildman–Crippen LogP) is 4.52. The van der Waals surface area contributed by atoms with E-state index in [-0.39, 0.29) is 11.8 Å². The van der Waals surface area contributed by atoms with Crippen molar-refractivity contribution < 1.29 is 19.1 Å². The molecule has 0 bridgehead atoms. The first kappa shape index (κ1) is 21.9. The minimum Gasteiger partial charge on any atom is -0.496 e. The first-order valence-corrected chi connectivity index (χ1v) is 12.2. The molecule has 180 valence electrons. The largest absolute Gasteiger partial charge is 0.496 e. The van der Waals surface area contributed by atoms with Crippen LogP contribution in [0.3, 0.4) is 0 Å². The molecule has 0 aromatic heterocycles. The number of aryl methyl sites for hydroxylation is 1. The molecule has 4 aliphatic heterocycles. The number of anilines is 2. The van der Waals surface area contributed by atoms with E-state index >= 15 is 0 Å². The maximum absolute atomic E-state index is 13.6. The van der Waals surface area contributed by atoms with Crippen LogP contribution in [0.5, 0.6) is 5.75 Å². The highest BCUT2D eigenvalue weighted by Crippen LogP contribution is 2.44. The van der Waals surface area contributed by atoms with E-state index in [2.05, 4.69) is 16.3 Å². The lowest BCUT2D eigenvalue weighted by atomic mass is 9.90. The van der Waals surface area contributed by atoms with E-state index in [1.807, 2.05) is 48.2 Å². The number of carbonyl (C=O) groups excluding carboxylic acids is 2. The molecule has 0 saturated carbocycles. The number of nitrogens with zero attached hydrogens (tertiary/aromatic N) is 2. The van der Waals surface area contributed by atoms with E-state index in [0.717, 1.165) is 60.6 Å². The summed E-state index contributed by atoms with van der Waals surface area (Å²) in [6.45, 7) is 4.51. The Balaban J connectivity index is 1.34. The van der Waals surface area contributed by atoms with Gasteiger partial charge < -0.3 is 24.6 Å². The van der Waals surface area contributed by atoms with Gasteiger partial charge in [0.05, 0.1) is 25.0 Å². The fourth-order valence-corrected chi connectivity index (χ4v) is 5.71. The average Bonchev–Trinajstić information content (AvgIpc) is 3.33. The average molecular weight is 472 g/mol. The van der Waals surface area contributed by atoms with Crippen LogP contribution in [0.2, 0.25) is 0 Å². The summed E-state index contributed by atoms with van der Waals surface area (Å²) in [6, 6.07) is 9.81. The number of allylic oxidation sites excluding steroid dienone is 3. The van der Waals surface area contributed by atoms with Crippen LogP contribution >= 0.6 is 0 Å². The Morgan fingerprint density at radius 3 is 2.77 bits per heavy atom. The second-order valence-corrected chi connectivity index (χ2v) is 9.57. The highest BCUT2D eigenvalue weighted by molar-refractivity contribution is 6.14. The molecular formula is C28H29N3O4. The number of rotatable bonds is 3. The first-order valence-electron chi connectivity index (χ1n) is 12.2. The van der Waals surface area contributed by atoms with Crippen LogP contribution in [0.15, 0.2) is 53.9 Å². The van der Waals surface area contributed by atoms with Gasteiger partial charge in [0.25, 0.3) is 11.8 Å². The second-order valence-electron chi connectivity index (χ2n) is 9.57. The Labute approximate surface area is 205 Å². The van der Waals surface area contributed by atoms with E-state index in [9.17, 15) is 9.59 Å². The molecule has 7 nitrogen and oxygen atoms in total. The van der Waals surface area contributed by atoms with Crippen molar-refractivity contribution in [2.45, 2.75) is 39.3 Å². The van der Waals surface area contributed by atoms with Crippen molar-refractivity contribution in [2.75, 3.05) is 30.5 Å². The van der Waals surface area contributed by atoms with E-state index in [1.54, 1.807) is 7.11 Å². The van der Waals surface area contributed by atoms with Gasteiger partial charge in [0.1, 0.15) is 11.4 Å². The van der Waals surface area contributed by atoms with Gasteiger partial charge in [-0.1, -0.05) is 24.3 Å². The smallest absolute Gasteiger partial charge is 0.272 e.